The summed E-state index contributed by atoms with van der Waals surface area (Å²) < 4.78 is 0. The maximum Gasteiger partial charge on any atom is 0.101 e. The topological polar surface area (TPSA) is 65.1 Å². The smallest absolute Gasteiger partial charge is 0.101 e. The van der Waals surface area contributed by atoms with Gasteiger partial charge in [0.25, 0.3) is 0 Å². The van der Waals surface area contributed by atoms with Crippen LogP contribution in [0, 0.1) is 11.3 Å². The highest BCUT2D eigenvalue weighted by atomic mass is 15.1. The predicted octanol–water partition coefficient (Wildman–Crippen LogP) is 3.48. The average Bonchev–Trinajstić information content (AvgIpc) is 3.04. The molecule has 1 saturated heterocycles. The van der Waals surface area contributed by atoms with E-state index in [0.29, 0.717) is 11.3 Å². The minimum Gasteiger partial charge on any atom is -0.399 e. The van der Waals surface area contributed by atoms with Crippen LogP contribution < -0.4 is 16.0 Å². The Morgan fingerprint density at radius 1 is 1.05 bits per heavy atom. The Kier molecular flexibility index (Phi) is 3.65. The Balaban J connectivity index is 1.78. The first-order valence-corrected chi connectivity index (χ1v) is 7.18. The van der Waals surface area contributed by atoms with E-state index >= 15 is 0 Å². The molecule has 0 radical (unpaired) electrons. The van der Waals surface area contributed by atoms with Gasteiger partial charge in [0.1, 0.15) is 6.07 Å². The maximum atomic E-state index is 9.16. The Morgan fingerprint density at radius 2 is 1.76 bits per heavy atom. The molecule has 1 fully saturated rings. The van der Waals surface area contributed by atoms with Gasteiger partial charge in [0.05, 0.1) is 11.3 Å². The fourth-order valence-corrected chi connectivity index (χ4v) is 2.65. The number of nitrogens with zero attached hydrogens (tertiary/aromatic N) is 2. The van der Waals surface area contributed by atoms with Crippen molar-refractivity contribution in [2.75, 3.05) is 29.0 Å². The van der Waals surface area contributed by atoms with Gasteiger partial charge in [0.15, 0.2) is 0 Å². The van der Waals surface area contributed by atoms with Crippen LogP contribution in [0.2, 0.25) is 0 Å². The third-order valence-electron chi connectivity index (χ3n) is 3.78. The van der Waals surface area contributed by atoms with E-state index in [2.05, 4.69) is 28.4 Å². The lowest BCUT2D eigenvalue weighted by molar-refractivity contribution is 0.949. The summed E-state index contributed by atoms with van der Waals surface area (Å²) in [5.74, 6) is 0. The van der Waals surface area contributed by atoms with Crippen molar-refractivity contribution in [3.05, 3.63) is 48.0 Å². The van der Waals surface area contributed by atoms with E-state index in [-0.39, 0.29) is 0 Å². The summed E-state index contributed by atoms with van der Waals surface area (Å²) in [4.78, 5) is 2.40. The molecule has 2 aromatic carbocycles. The summed E-state index contributed by atoms with van der Waals surface area (Å²) in [6.07, 6.45) is 2.55. The van der Waals surface area contributed by atoms with Crippen LogP contribution in [0.5, 0.6) is 0 Å². The van der Waals surface area contributed by atoms with E-state index in [0.717, 1.165) is 24.5 Å². The van der Waals surface area contributed by atoms with Gasteiger partial charge in [-0.2, -0.15) is 5.26 Å². The van der Waals surface area contributed by atoms with Crippen LogP contribution in [-0.2, 0) is 0 Å². The molecule has 1 aliphatic heterocycles. The molecule has 0 spiro atoms. The lowest BCUT2D eigenvalue weighted by Gasteiger charge is -2.18. The highest BCUT2D eigenvalue weighted by Crippen LogP contribution is 2.26. The molecule has 4 nitrogen and oxygen atoms in total. The summed E-state index contributed by atoms with van der Waals surface area (Å²) in [6.45, 7) is 2.28. The highest BCUT2D eigenvalue weighted by Gasteiger charge is 2.11. The third-order valence-corrected chi connectivity index (χ3v) is 3.78. The second kappa shape index (κ2) is 5.76. The molecular weight excluding hydrogens is 260 g/mol. The zero-order valence-electron chi connectivity index (χ0n) is 11.8. The van der Waals surface area contributed by atoms with Crippen molar-refractivity contribution in [2.45, 2.75) is 12.8 Å². The SMILES string of the molecule is N#Cc1cc(N)ccc1Nc1ccc(N2CCCC2)cc1. The summed E-state index contributed by atoms with van der Waals surface area (Å²) in [6, 6.07) is 15.8. The number of nitrogens with one attached hydrogen (secondary N) is 1. The van der Waals surface area contributed by atoms with Crippen LogP contribution in [0.1, 0.15) is 18.4 Å². The van der Waals surface area contributed by atoms with E-state index in [9.17, 15) is 0 Å². The van der Waals surface area contributed by atoms with Crippen LogP contribution in [0.25, 0.3) is 0 Å². The van der Waals surface area contributed by atoms with Crippen LogP contribution in [0.4, 0.5) is 22.7 Å². The van der Waals surface area contributed by atoms with Gasteiger partial charge < -0.3 is 16.0 Å². The van der Waals surface area contributed by atoms with Crippen LogP contribution in [0.15, 0.2) is 42.5 Å². The number of hydrogen-bond donors (Lipinski definition) is 2. The van der Waals surface area contributed by atoms with Crippen molar-refractivity contribution in [2.24, 2.45) is 0 Å². The van der Waals surface area contributed by atoms with Gasteiger partial charge >= 0.3 is 0 Å². The quantitative estimate of drug-likeness (QED) is 0.844. The number of nitrogens with two attached hydrogens (primary N) is 1. The number of anilines is 4. The van der Waals surface area contributed by atoms with Crippen LogP contribution >= 0.6 is 0 Å². The standard InChI is InChI=1S/C17H18N4/c18-12-13-11-14(19)3-8-17(13)20-15-4-6-16(7-5-15)21-9-1-2-10-21/h3-8,11,20H,1-2,9-10,19H2. The van der Waals surface area contributed by atoms with Gasteiger partial charge in [-0.25, -0.2) is 0 Å². The van der Waals surface area contributed by atoms with Crippen molar-refractivity contribution in [1.29, 1.82) is 5.26 Å². The molecule has 0 aliphatic carbocycles. The van der Waals surface area contributed by atoms with Gasteiger partial charge in [0.2, 0.25) is 0 Å². The first kappa shape index (κ1) is 13.3. The largest absolute Gasteiger partial charge is 0.399 e. The van der Waals surface area contributed by atoms with E-state index in [1.54, 1.807) is 12.1 Å². The Bertz CT molecular complexity index is 664. The predicted molar refractivity (Wildman–Crippen MR) is 86.7 cm³/mol. The van der Waals surface area contributed by atoms with Crippen molar-refractivity contribution in [3.63, 3.8) is 0 Å². The van der Waals surface area contributed by atoms with E-state index < -0.39 is 0 Å². The summed E-state index contributed by atoms with van der Waals surface area (Å²) >= 11 is 0. The van der Waals surface area contributed by atoms with Gasteiger partial charge in [-0.1, -0.05) is 0 Å². The molecule has 1 aliphatic rings. The number of rotatable bonds is 3. The minimum atomic E-state index is 0.554. The van der Waals surface area contributed by atoms with Crippen LogP contribution in [-0.4, -0.2) is 13.1 Å². The normalized spacial score (nSPS) is 14.0. The summed E-state index contributed by atoms with van der Waals surface area (Å²) in [5, 5.41) is 12.4. The molecule has 0 unspecified atom stereocenters. The molecule has 106 valence electrons. The van der Waals surface area contributed by atoms with E-state index in [1.807, 2.05) is 18.2 Å². The molecule has 0 amide bonds. The fraction of sp³-hybridized carbons (Fsp3) is 0.235. The molecule has 0 aromatic heterocycles. The Morgan fingerprint density at radius 3 is 2.43 bits per heavy atom. The molecule has 1 heterocycles. The first-order valence-electron chi connectivity index (χ1n) is 7.18. The number of nitriles is 1. The Hall–Kier alpha value is -2.67. The van der Waals surface area contributed by atoms with E-state index in [4.69, 9.17) is 11.0 Å². The van der Waals surface area contributed by atoms with Crippen molar-refractivity contribution in [3.8, 4) is 6.07 Å². The van der Waals surface area contributed by atoms with Gasteiger partial charge in [-0.05, 0) is 55.3 Å². The van der Waals surface area contributed by atoms with Gasteiger partial charge in [0, 0.05) is 30.2 Å². The number of hydrogen-bond acceptors (Lipinski definition) is 4. The number of benzene rings is 2. The lowest BCUT2D eigenvalue weighted by Crippen LogP contribution is -2.17. The molecule has 0 saturated carbocycles. The molecule has 0 atom stereocenters. The van der Waals surface area contributed by atoms with Crippen LogP contribution in [0.3, 0.4) is 0 Å². The molecule has 21 heavy (non-hydrogen) atoms. The zero-order chi connectivity index (χ0) is 14.7. The fourth-order valence-electron chi connectivity index (χ4n) is 2.65. The summed E-state index contributed by atoms with van der Waals surface area (Å²) in [5.41, 5.74) is 9.86. The molecular formula is C17H18N4. The second-order valence-electron chi connectivity index (χ2n) is 5.28. The molecule has 4 heteroatoms. The monoisotopic (exact) mass is 278 g/mol. The lowest BCUT2D eigenvalue weighted by atomic mass is 10.1. The average molecular weight is 278 g/mol. The van der Waals surface area contributed by atoms with Crippen molar-refractivity contribution >= 4 is 22.7 Å². The molecule has 2 aromatic rings. The molecule has 3 N–H and O–H groups in total. The second-order valence-corrected chi connectivity index (χ2v) is 5.28. The molecule has 3 rings (SSSR count). The van der Waals surface area contributed by atoms with Crippen molar-refractivity contribution < 1.29 is 0 Å². The number of nitrogen functional groups attached to an aromatic ring is 1. The first-order chi connectivity index (χ1) is 10.3. The summed E-state index contributed by atoms with van der Waals surface area (Å²) in [7, 11) is 0. The minimum absolute atomic E-state index is 0.554. The van der Waals surface area contributed by atoms with Gasteiger partial charge in [-0.3, -0.25) is 0 Å². The Labute approximate surface area is 124 Å². The van der Waals surface area contributed by atoms with E-state index in [1.165, 1.54) is 18.5 Å². The third kappa shape index (κ3) is 2.92. The van der Waals surface area contributed by atoms with Crippen molar-refractivity contribution in [1.82, 2.24) is 0 Å². The van der Waals surface area contributed by atoms with Gasteiger partial charge in [-0.15, -0.1) is 0 Å². The highest BCUT2D eigenvalue weighted by molar-refractivity contribution is 5.70. The zero-order valence-corrected chi connectivity index (χ0v) is 11.8. The maximum absolute atomic E-state index is 9.16. The molecule has 0 bridgehead atoms.